The van der Waals surface area contributed by atoms with E-state index in [4.69, 9.17) is 9.47 Å². The Morgan fingerprint density at radius 1 is 0.733 bits per heavy atom. The van der Waals surface area contributed by atoms with Crippen LogP contribution in [0.25, 0.3) is 0 Å². The SMILES string of the molecule is COC(=O)c1cc(C(=O)OC)cc(N2c3ccccc3S(=O)(=O)c3ccccc32)c1. The number of fused-ring (bicyclic) bond motifs is 2. The molecule has 0 saturated heterocycles. The highest BCUT2D eigenvalue weighted by atomic mass is 32.2. The third-order valence-electron chi connectivity index (χ3n) is 4.81. The number of ether oxygens (including phenoxy) is 2. The van der Waals surface area contributed by atoms with Gasteiger partial charge in [0.2, 0.25) is 9.84 Å². The van der Waals surface area contributed by atoms with Crippen molar-refractivity contribution < 1.29 is 27.5 Å². The lowest BCUT2D eigenvalue weighted by Gasteiger charge is -2.33. The maximum Gasteiger partial charge on any atom is 0.337 e. The molecule has 4 rings (SSSR count). The minimum absolute atomic E-state index is 0.131. The summed E-state index contributed by atoms with van der Waals surface area (Å²) in [6.45, 7) is 0. The molecule has 3 aromatic rings. The standard InChI is InChI=1S/C22H17NO6S/c1-28-21(24)14-11-15(22(25)29-2)13-16(12-14)23-17-7-3-5-9-19(17)30(26,27)20-10-6-4-8-18(20)23/h3-13H,1-2H3. The van der Waals surface area contributed by atoms with Gasteiger partial charge in [0.1, 0.15) is 0 Å². The zero-order valence-corrected chi connectivity index (χ0v) is 17.0. The second-order valence-electron chi connectivity index (χ2n) is 6.53. The number of anilines is 3. The van der Waals surface area contributed by atoms with E-state index in [1.165, 1.54) is 32.4 Å². The zero-order chi connectivity index (χ0) is 21.5. The van der Waals surface area contributed by atoms with E-state index < -0.39 is 21.8 Å². The lowest BCUT2D eigenvalue weighted by molar-refractivity contribution is 0.0599. The monoisotopic (exact) mass is 423 g/mol. The molecule has 1 aliphatic heterocycles. The topological polar surface area (TPSA) is 90.0 Å². The van der Waals surface area contributed by atoms with Gasteiger partial charge < -0.3 is 14.4 Å². The number of carbonyl (C=O) groups excluding carboxylic acids is 2. The Balaban J connectivity index is 2.04. The van der Waals surface area contributed by atoms with Crippen molar-refractivity contribution in [2.75, 3.05) is 19.1 Å². The smallest absolute Gasteiger partial charge is 0.337 e. The molecule has 3 aromatic carbocycles. The Bertz CT molecular complexity index is 1190. The summed E-state index contributed by atoms with van der Waals surface area (Å²) in [5, 5.41) is 0. The molecule has 0 atom stereocenters. The van der Waals surface area contributed by atoms with Crippen LogP contribution in [0.3, 0.4) is 0 Å². The van der Waals surface area contributed by atoms with Gasteiger partial charge in [-0.15, -0.1) is 0 Å². The number of para-hydroxylation sites is 2. The molecule has 0 N–H and O–H groups in total. The summed E-state index contributed by atoms with van der Waals surface area (Å²) in [4.78, 5) is 26.4. The summed E-state index contributed by atoms with van der Waals surface area (Å²) < 4.78 is 35.9. The van der Waals surface area contributed by atoms with Crippen LogP contribution in [0.1, 0.15) is 20.7 Å². The second kappa shape index (κ2) is 7.31. The molecule has 0 aromatic heterocycles. The third kappa shape index (κ3) is 3.02. The average molecular weight is 423 g/mol. The van der Waals surface area contributed by atoms with Crippen LogP contribution < -0.4 is 4.90 Å². The van der Waals surface area contributed by atoms with E-state index in [-0.39, 0.29) is 20.9 Å². The number of benzene rings is 3. The van der Waals surface area contributed by atoms with E-state index in [0.29, 0.717) is 17.1 Å². The predicted molar refractivity (Wildman–Crippen MR) is 109 cm³/mol. The molecule has 0 amide bonds. The van der Waals surface area contributed by atoms with Gasteiger partial charge in [-0.2, -0.15) is 0 Å². The van der Waals surface area contributed by atoms with Gasteiger partial charge in [-0.3, -0.25) is 0 Å². The van der Waals surface area contributed by atoms with Crippen molar-refractivity contribution in [2.45, 2.75) is 9.79 Å². The number of hydrogen-bond donors (Lipinski definition) is 0. The first-order valence-corrected chi connectivity index (χ1v) is 10.4. The number of esters is 2. The van der Waals surface area contributed by atoms with Gasteiger partial charge in [-0.1, -0.05) is 24.3 Å². The van der Waals surface area contributed by atoms with E-state index in [1.54, 1.807) is 53.4 Å². The van der Waals surface area contributed by atoms with Crippen molar-refractivity contribution in [3.8, 4) is 0 Å². The number of rotatable bonds is 3. The molecule has 8 heteroatoms. The number of methoxy groups -OCH3 is 2. The Morgan fingerprint density at radius 2 is 1.17 bits per heavy atom. The molecule has 30 heavy (non-hydrogen) atoms. The van der Waals surface area contributed by atoms with E-state index in [0.717, 1.165) is 0 Å². The molecule has 152 valence electrons. The first-order valence-electron chi connectivity index (χ1n) is 8.93. The molecule has 0 aliphatic carbocycles. The van der Waals surface area contributed by atoms with Crippen molar-refractivity contribution >= 4 is 38.8 Å². The fourth-order valence-corrected chi connectivity index (χ4v) is 5.10. The lowest BCUT2D eigenvalue weighted by Crippen LogP contribution is -2.22. The Kier molecular flexibility index (Phi) is 4.79. The molecule has 0 radical (unpaired) electrons. The molecule has 0 fully saturated rings. The first-order chi connectivity index (χ1) is 14.4. The highest BCUT2D eigenvalue weighted by Gasteiger charge is 2.35. The van der Waals surface area contributed by atoms with Crippen LogP contribution in [-0.2, 0) is 19.3 Å². The highest BCUT2D eigenvalue weighted by Crippen LogP contribution is 2.48. The number of hydrogen-bond acceptors (Lipinski definition) is 7. The Morgan fingerprint density at radius 3 is 1.60 bits per heavy atom. The van der Waals surface area contributed by atoms with Crippen molar-refractivity contribution in [3.63, 3.8) is 0 Å². The van der Waals surface area contributed by atoms with Crippen LogP contribution in [-0.4, -0.2) is 34.6 Å². The molecule has 0 bridgehead atoms. The molecular formula is C22H17NO6S. The summed E-state index contributed by atoms with van der Waals surface area (Å²) in [6, 6.07) is 17.6. The third-order valence-corrected chi connectivity index (χ3v) is 6.66. The van der Waals surface area contributed by atoms with Gasteiger partial charge in [-0.25, -0.2) is 18.0 Å². The van der Waals surface area contributed by atoms with Gasteiger partial charge in [0.25, 0.3) is 0 Å². The minimum atomic E-state index is -3.73. The van der Waals surface area contributed by atoms with E-state index in [9.17, 15) is 18.0 Å². The lowest BCUT2D eigenvalue weighted by atomic mass is 10.1. The molecule has 0 spiro atoms. The van der Waals surface area contributed by atoms with Crippen LogP contribution in [0.4, 0.5) is 17.1 Å². The largest absolute Gasteiger partial charge is 0.465 e. The van der Waals surface area contributed by atoms with Crippen molar-refractivity contribution in [1.82, 2.24) is 0 Å². The maximum absolute atomic E-state index is 13.1. The van der Waals surface area contributed by atoms with Gasteiger partial charge in [0, 0.05) is 5.69 Å². The normalized spacial score (nSPS) is 13.7. The number of carbonyl (C=O) groups is 2. The van der Waals surface area contributed by atoms with Crippen LogP contribution in [0.2, 0.25) is 0 Å². The maximum atomic E-state index is 13.1. The highest BCUT2D eigenvalue weighted by molar-refractivity contribution is 7.92. The summed E-state index contributed by atoms with van der Waals surface area (Å²) in [5.41, 5.74) is 1.52. The fraction of sp³-hybridized carbons (Fsp3) is 0.0909. The molecule has 0 unspecified atom stereocenters. The van der Waals surface area contributed by atoms with Crippen molar-refractivity contribution in [1.29, 1.82) is 0 Å². The fourth-order valence-electron chi connectivity index (χ4n) is 3.48. The summed E-state index contributed by atoms with van der Waals surface area (Å²) in [5.74, 6) is -1.26. The van der Waals surface area contributed by atoms with Gasteiger partial charge in [-0.05, 0) is 42.5 Å². The van der Waals surface area contributed by atoms with Crippen LogP contribution in [0, 0.1) is 0 Å². The van der Waals surface area contributed by atoms with Crippen LogP contribution >= 0.6 is 0 Å². The van der Waals surface area contributed by atoms with Crippen molar-refractivity contribution in [3.05, 3.63) is 77.9 Å². The van der Waals surface area contributed by atoms with Gasteiger partial charge >= 0.3 is 11.9 Å². The first kappa shape index (κ1) is 19.7. The molecule has 0 saturated carbocycles. The number of sulfone groups is 1. The zero-order valence-electron chi connectivity index (χ0n) is 16.2. The predicted octanol–water partition coefficient (Wildman–Crippen LogP) is 3.88. The minimum Gasteiger partial charge on any atom is -0.465 e. The number of nitrogens with zero attached hydrogens (tertiary/aromatic N) is 1. The molecular weight excluding hydrogens is 406 g/mol. The second-order valence-corrected chi connectivity index (χ2v) is 8.41. The van der Waals surface area contributed by atoms with Crippen molar-refractivity contribution in [2.24, 2.45) is 0 Å². The van der Waals surface area contributed by atoms with E-state index >= 15 is 0 Å². The van der Waals surface area contributed by atoms with Crippen LogP contribution in [0.15, 0.2) is 76.5 Å². The summed E-state index contributed by atoms with van der Waals surface area (Å²) >= 11 is 0. The van der Waals surface area contributed by atoms with Crippen LogP contribution in [0.5, 0.6) is 0 Å². The Hall–Kier alpha value is -3.65. The van der Waals surface area contributed by atoms with Gasteiger partial charge in [0.15, 0.2) is 0 Å². The summed E-state index contributed by atoms with van der Waals surface area (Å²) in [6.07, 6.45) is 0. The average Bonchev–Trinajstić information content (AvgIpc) is 2.78. The molecule has 1 heterocycles. The van der Waals surface area contributed by atoms with E-state index in [2.05, 4.69) is 0 Å². The molecule has 1 aliphatic rings. The Labute approximate surface area is 173 Å². The quantitative estimate of drug-likeness (QED) is 0.462. The van der Waals surface area contributed by atoms with E-state index in [1.807, 2.05) is 0 Å². The van der Waals surface area contributed by atoms with Gasteiger partial charge in [0.05, 0.1) is 46.5 Å². The molecule has 7 nitrogen and oxygen atoms in total. The summed E-state index contributed by atoms with van der Waals surface area (Å²) in [7, 11) is -1.25.